The second kappa shape index (κ2) is 7.33. The van der Waals surface area contributed by atoms with Crippen LogP contribution in [0.5, 0.6) is 0 Å². The van der Waals surface area contributed by atoms with Gasteiger partial charge in [-0.05, 0) is 13.3 Å². The number of morpholine rings is 1. The quantitative estimate of drug-likeness (QED) is 0.703. The zero-order valence-corrected chi connectivity index (χ0v) is 10.9. The molecule has 0 aliphatic carbocycles. The first-order valence-electron chi connectivity index (χ1n) is 6.31. The largest absolute Gasteiger partial charge is 0.479 e. The highest BCUT2D eigenvalue weighted by Crippen LogP contribution is 2.09. The summed E-state index contributed by atoms with van der Waals surface area (Å²) >= 11 is 0. The van der Waals surface area contributed by atoms with Crippen LogP contribution in [-0.2, 0) is 19.1 Å². The van der Waals surface area contributed by atoms with Crippen LogP contribution in [0, 0.1) is 0 Å². The average molecular weight is 259 g/mol. The van der Waals surface area contributed by atoms with Crippen molar-refractivity contribution < 1.29 is 24.2 Å². The zero-order chi connectivity index (χ0) is 13.5. The highest BCUT2D eigenvalue weighted by molar-refractivity contribution is 5.82. The summed E-state index contributed by atoms with van der Waals surface area (Å²) in [4.78, 5) is 24.3. The maximum atomic E-state index is 12.0. The van der Waals surface area contributed by atoms with Gasteiger partial charge in [0.2, 0.25) is 0 Å². The fourth-order valence-corrected chi connectivity index (χ4v) is 1.73. The molecule has 2 unspecified atom stereocenters. The molecular formula is C12H21NO5. The normalized spacial score (nSPS) is 21.7. The van der Waals surface area contributed by atoms with Crippen LogP contribution in [0.3, 0.4) is 0 Å². The highest BCUT2D eigenvalue weighted by Gasteiger charge is 2.31. The molecule has 104 valence electrons. The minimum Gasteiger partial charge on any atom is -0.479 e. The first-order valence-corrected chi connectivity index (χ1v) is 6.31. The van der Waals surface area contributed by atoms with Gasteiger partial charge in [0.25, 0.3) is 5.91 Å². The van der Waals surface area contributed by atoms with Crippen LogP contribution in [0.15, 0.2) is 0 Å². The summed E-state index contributed by atoms with van der Waals surface area (Å²) in [6, 6.07) is 0. The van der Waals surface area contributed by atoms with E-state index in [4.69, 9.17) is 14.6 Å². The van der Waals surface area contributed by atoms with Crippen LogP contribution in [0.1, 0.15) is 26.7 Å². The van der Waals surface area contributed by atoms with Crippen molar-refractivity contribution >= 4 is 11.9 Å². The molecule has 6 heteroatoms. The number of ether oxygens (including phenoxy) is 2. The third kappa shape index (κ3) is 4.27. The predicted octanol–water partition coefficient (Wildman–Crippen LogP) is 0.504. The third-order valence-electron chi connectivity index (χ3n) is 2.87. The van der Waals surface area contributed by atoms with Gasteiger partial charge in [-0.25, -0.2) is 4.79 Å². The van der Waals surface area contributed by atoms with Gasteiger partial charge in [-0.1, -0.05) is 13.3 Å². The van der Waals surface area contributed by atoms with Crippen molar-refractivity contribution in [1.29, 1.82) is 0 Å². The maximum absolute atomic E-state index is 12.0. The van der Waals surface area contributed by atoms with Gasteiger partial charge in [-0.2, -0.15) is 0 Å². The van der Waals surface area contributed by atoms with Gasteiger partial charge < -0.3 is 19.5 Å². The van der Waals surface area contributed by atoms with E-state index in [9.17, 15) is 9.59 Å². The summed E-state index contributed by atoms with van der Waals surface area (Å²) in [6.07, 6.45) is 0.479. The number of hydrogen-bond donors (Lipinski definition) is 1. The Kier molecular flexibility index (Phi) is 6.07. The van der Waals surface area contributed by atoms with Gasteiger partial charge in [0, 0.05) is 13.2 Å². The molecule has 0 saturated carbocycles. The van der Waals surface area contributed by atoms with Gasteiger partial charge in [0.15, 0.2) is 6.10 Å². The number of unbranched alkanes of at least 4 members (excludes halogenated alkanes) is 1. The van der Waals surface area contributed by atoms with Crippen LogP contribution in [0.25, 0.3) is 0 Å². The van der Waals surface area contributed by atoms with E-state index in [0.717, 1.165) is 12.8 Å². The SMILES string of the molecule is CCCCOC(C)C(=O)N1CCOC(C(=O)O)C1. The first-order chi connectivity index (χ1) is 8.56. The zero-order valence-electron chi connectivity index (χ0n) is 10.9. The number of carbonyl (C=O) groups excluding carboxylic acids is 1. The summed E-state index contributed by atoms with van der Waals surface area (Å²) in [7, 11) is 0. The second-order valence-corrected chi connectivity index (χ2v) is 4.35. The molecule has 0 aromatic rings. The second-order valence-electron chi connectivity index (χ2n) is 4.35. The van der Waals surface area contributed by atoms with E-state index < -0.39 is 18.2 Å². The fraction of sp³-hybridized carbons (Fsp3) is 0.833. The first kappa shape index (κ1) is 14.9. The molecule has 1 N–H and O–H groups in total. The number of nitrogens with zero attached hydrogens (tertiary/aromatic N) is 1. The van der Waals surface area contributed by atoms with Crippen molar-refractivity contribution in [2.45, 2.75) is 38.9 Å². The summed E-state index contributed by atoms with van der Waals surface area (Å²) in [6.45, 7) is 5.07. The number of rotatable bonds is 6. The summed E-state index contributed by atoms with van der Waals surface area (Å²) in [5, 5.41) is 8.86. The van der Waals surface area contributed by atoms with Gasteiger partial charge in [0.1, 0.15) is 6.10 Å². The summed E-state index contributed by atoms with van der Waals surface area (Å²) in [5.41, 5.74) is 0. The number of hydrogen-bond acceptors (Lipinski definition) is 4. The lowest BCUT2D eigenvalue weighted by Gasteiger charge is -2.32. The Hall–Kier alpha value is -1.14. The third-order valence-corrected chi connectivity index (χ3v) is 2.87. The lowest BCUT2D eigenvalue weighted by molar-refractivity contribution is -0.162. The van der Waals surface area contributed by atoms with Crippen molar-refractivity contribution in [2.24, 2.45) is 0 Å². The monoisotopic (exact) mass is 259 g/mol. The van der Waals surface area contributed by atoms with Crippen LogP contribution in [0.2, 0.25) is 0 Å². The van der Waals surface area contributed by atoms with Gasteiger partial charge in [-0.15, -0.1) is 0 Å². The number of amides is 1. The summed E-state index contributed by atoms with van der Waals surface area (Å²) < 4.78 is 10.5. The Morgan fingerprint density at radius 3 is 2.89 bits per heavy atom. The molecule has 2 atom stereocenters. The number of carboxylic acids is 1. The lowest BCUT2D eigenvalue weighted by atomic mass is 10.2. The Bertz CT molecular complexity index is 294. The van der Waals surface area contributed by atoms with Gasteiger partial charge in [-0.3, -0.25) is 4.79 Å². The van der Waals surface area contributed by atoms with E-state index in [-0.39, 0.29) is 19.1 Å². The molecule has 1 heterocycles. The maximum Gasteiger partial charge on any atom is 0.334 e. The smallest absolute Gasteiger partial charge is 0.334 e. The molecular weight excluding hydrogens is 238 g/mol. The molecule has 18 heavy (non-hydrogen) atoms. The number of aliphatic carboxylic acids is 1. The average Bonchev–Trinajstić information content (AvgIpc) is 2.38. The van der Waals surface area contributed by atoms with E-state index in [0.29, 0.717) is 13.2 Å². The van der Waals surface area contributed by atoms with Crippen molar-refractivity contribution in [3.63, 3.8) is 0 Å². The van der Waals surface area contributed by atoms with Gasteiger partial charge in [0.05, 0.1) is 13.2 Å². The lowest BCUT2D eigenvalue weighted by Crippen LogP contribution is -2.51. The topological polar surface area (TPSA) is 76.1 Å². The van der Waals surface area contributed by atoms with Crippen LogP contribution < -0.4 is 0 Å². The molecule has 0 spiro atoms. The van der Waals surface area contributed by atoms with Crippen LogP contribution in [0.4, 0.5) is 0 Å². The predicted molar refractivity (Wildman–Crippen MR) is 64.3 cm³/mol. The minimum absolute atomic E-state index is 0.0929. The number of carbonyl (C=O) groups is 2. The highest BCUT2D eigenvalue weighted by atomic mass is 16.5. The Morgan fingerprint density at radius 1 is 1.56 bits per heavy atom. The molecule has 0 aromatic carbocycles. The van der Waals surface area contributed by atoms with Crippen LogP contribution >= 0.6 is 0 Å². The molecule has 0 radical (unpaired) electrons. The molecule has 1 aliphatic heterocycles. The Balaban J connectivity index is 2.42. The van der Waals surface area contributed by atoms with E-state index in [1.165, 1.54) is 4.90 Å². The fourth-order valence-electron chi connectivity index (χ4n) is 1.73. The van der Waals surface area contributed by atoms with E-state index in [1.54, 1.807) is 6.92 Å². The molecule has 0 aromatic heterocycles. The minimum atomic E-state index is -1.04. The van der Waals surface area contributed by atoms with Crippen LogP contribution in [-0.4, -0.2) is 60.4 Å². The van der Waals surface area contributed by atoms with E-state index >= 15 is 0 Å². The number of carboxylic acid groups (broad SMARTS) is 1. The molecule has 1 fully saturated rings. The molecule has 1 rings (SSSR count). The van der Waals surface area contributed by atoms with Crippen molar-refractivity contribution in [1.82, 2.24) is 4.90 Å². The van der Waals surface area contributed by atoms with E-state index in [2.05, 4.69) is 6.92 Å². The standard InChI is InChI=1S/C12H21NO5/c1-3-4-6-17-9(2)11(14)13-5-7-18-10(8-13)12(15)16/h9-10H,3-8H2,1-2H3,(H,15,16). The van der Waals surface area contributed by atoms with Crippen molar-refractivity contribution in [3.8, 4) is 0 Å². The Morgan fingerprint density at radius 2 is 2.28 bits per heavy atom. The Labute approximate surface area is 107 Å². The van der Waals surface area contributed by atoms with Crippen molar-refractivity contribution in [3.05, 3.63) is 0 Å². The summed E-state index contributed by atoms with van der Waals surface area (Å²) in [5.74, 6) is -1.20. The molecule has 1 saturated heterocycles. The molecule has 6 nitrogen and oxygen atoms in total. The molecule has 1 amide bonds. The van der Waals surface area contributed by atoms with E-state index in [1.807, 2.05) is 0 Å². The van der Waals surface area contributed by atoms with Gasteiger partial charge >= 0.3 is 5.97 Å². The molecule has 1 aliphatic rings. The van der Waals surface area contributed by atoms with Crippen molar-refractivity contribution in [2.75, 3.05) is 26.3 Å². The molecule has 0 bridgehead atoms.